The minimum Gasteiger partial charge on any atom is -0.504 e. The highest BCUT2D eigenvalue weighted by atomic mass is 16.6. The van der Waals surface area contributed by atoms with Gasteiger partial charge < -0.3 is 55.1 Å². The number of aliphatic carboxylic acids is 1. The van der Waals surface area contributed by atoms with Gasteiger partial charge in [0, 0.05) is 32.1 Å². The van der Waals surface area contributed by atoms with Crippen LogP contribution in [-0.4, -0.2) is 88.6 Å². The molecule has 1 fully saturated rings. The number of aliphatic hydroxyl groups is 1. The molecule has 15 nitrogen and oxygen atoms in total. The van der Waals surface area contributed by atoms with Gasteiger partial charge in [-0.2, -0.15) is 0 Å². The number of carbonyl (C=O) groups is 4. The summed E-state index contributed by atoms with van der Waals surface area (Å²) in [6.07, 6.45) is -7.24. The first-order chi connectivity index (χ1) is 23.2. The molecule has 1 aliphatic carbocycles. The van der Waals surface area contributed by atoms with Crippen LogP contribution in [0.5, 0.6) is 34.5 Å². The van der Waals surface area contributed by atoms with E-state index in [1.54, 1.807) is 0 Å². The normalized spacial score (nSPS) is 20.2. The first kappa shape index (κ1) is 36.1. The smallest absolute Gasteiger partial charge is 0.348 e. The Kier molecular flexibility index (Phi) is 11.4. The van der Waals surface area contributed by atoms with Crippen LogP contribution in [0.1, 0.15) is 48.8 Å². The Labute approximate surface area is 279 Å². The third kappa shape index (κ3) is 9.44. The fourth-order valence-electron chi connectivity index (χ4n) is 5.38. The number of hydrogen-bond donors (Lipinski definition) is 8. The van der Waals surface area contributed by atoms with E-state index in [1.807, 2.05) is 0 Å². The molecule has 8 N–H and O–H groups in total. The molecular formula is C34H36O15. The summed E-state index contributed by atoms with van der Waals surface area (Å²) in [4.78, 5) is 51.3. The highest BCUT2D eigenvalue weighted by Crippen LogP contribution is 2.37. The largest absolute Gasteiger partial charge is 0.504 e. The van der Waals surface area contributed by atoms with E-state index in [1.165, 1.54) is 54.6 Å². The molecule has 0 aromatic heterocycles. The van der Waals surface area contributed by atoms with E-state index in [0.717, 1.165) is 0 Å². The van der Waals surface area contributed by atoms with Crippen molar-refractivity contribution in [3.05, 3.63) is 71.3 Å². The molecule has 0 heterocycles. The number of ether oxygens (including phenoxy) is 3. The summed E-state index contributed by atoms with van der Waals surface area (Å²) >= 11 is 0. The van der Waals surface area contributed by atoms with Gasteiger partial charge in [-0.1, -0.05) is 18.2 Å². The van der Waals surface area contributed by atoms with Gasteiger partial charge in [-0.05, 0) is 72.4 Å². The number of aryl methyl sites for hydroxylation is 3. The number of phenolic OH excluding ortho intramolecular Hbond substituents is 6. The number of esters is 3. The SMILES string of the molecule is O=C(CCc1ccc(O)c(O)c1)O[C@@H]1CC(OC(=O)CCc2ccc(O)c(O)c2)(C(=O)O)C[C@@H](OC(=O)CCc2ccc(O)c(O)c2)C1O. The Morgan fingerprint density at radius 2 is 0.918 bits per heavy atom. The summed E-state index contributed by atoms with van der Waals surface area (Å²) in [5.41, 5.74) is -1.06. The number of carboxylic acids is 1. The van der Waals surface area contributed by atoms with Gasteiger partial charge in [0.2, 0.25) is 5.60 Å². The Morgan fingerprint density at radius 3 is 1.24 bits per heavy atom. The van der Waals surface area contributed by atoms with E-state index in [-0.39, 0.29) is 55.8 Å². The second-order valence-corrected chi connectivity index (χ2v) is 11.7. The van der Waals surface area contributed by atoms with Crippen LogP contribution in [0, 0.1) is 0 Å². The lowest BCUT2D eigenvalue weighted by Crippen LogP contribution is -2.59. The molecule has 0 aliphatic heterocycles. The number of carboxylic acid groups (broad SMARTS) is 1. The van der Waals surface area contributed by atoms with E-state index >= 15 is 0 Å². The van der Waals surface area contributed by atoms with E-state index in [0.29, 0.717) is 16.7 Å². The topological polar surface area (TPSA) is 258 Å². The first-order valence-corrected chi connectivity index (χ1v) is 15.2. The van der Waals surface area contributed by atoms with Crippen molar-refractivity contribution in [3.63, 3.8) is 0 Å². The van der Waals surface area contributed by atoms with Crippen LogP contribution >= 0.6 is 0 Å². The molecule has 0 radical (unpaired) electrons. The molecule has 15 heteroatoms. The van der Waals surface area contributed by atoms with Gasteiger partial charge in [-0.15, -0.1) is 0 Å². The van der Waals surface area contributed by atoms with Crippen LogP contribution in [0.15, 0.2) is 54.6 Å². The lowest BCUT2D eigenvalue weighted by molar-refractivity contribution is -0.216. The van der Waals surface area contributed by atoms with Crippen molar-refractivity contribution in [2.75, 3.05) is 0 Å². The molecule has 0 unspecified atom stereocenters. The number of phenols is 6. The van der Waals surface area contributed by atoms with E-state index in [9.17, 15) is 60.0 Å². The Morgan fingerprint density at radius 1 is 0.571 bits per heavy atom. The maximum Gasteiger partial charge on any atom is 0.348 e. The minimum atomic E-state index is -2.41. The van der Waals surface area contributed by atoms with Gasteiger partial charge in [-0.25, -0.2) is 4.79 Å². The monoisotopic (exact) mass is 684 g/mol. The predicted molar refractivity (Wildman–Crippen MR) is 166 cm³/mol. The predicted octanol–water partition coefficient (Wildman–Crippen LogP) is 2.46. The van der Waals surface area contributed by atoms with Gasteiger partial charge in [0.05, 0.1) is 0 Å². The van der Waals surface area contributed by atoms with Crippen molar-refractivity contribution in [1.29, 1.82) is 0 Å². The summed E-state index contributed by atoms with van der Waals surface area (Å²) in [5, 5.41) is 79.1. The van der Waals surface area contributed by atoms with Crippen LogP contribution in [0.25, 0.3) is 0 Å². The van der Waals surface area contributed by atoms with Gasteiger partial charge in [-0.3, -0.25) is 14.4 Å². The van der Waals surface area contributed by atoms with Gasteiger partial charge in [0.25, 0.3) is 0 Å². The lowest BCUT2D eigenvalue weighted by Gasteiger charge is -2.42. The second kappa shape index (κ2) is 15.5. The summed E-state index contributed by atoms with van der Waals surface area (Å²) < 4.78 is 16.3. The highest BCUT2D eigenvalue weighted by Gasteiger charge is 2.56. The van der Waals surface area contributed by atoms with Crippen LogP contribution in [0.2, 0.25) is 0 Å². The Hall–Kier alpha value is -5.70. The third-order valence-corrected chi connectivity index (χ3v) is 8.06. The number of hydrogen-bond acceptors (Lipinski definition) is 14. The van der Waals surface area contributed by atoms with Crippen LogP contribution in [0.4, 0.5) is 0 Å². The zero-order valence-corrected chi connectivity index (χ0v) is 26.0. The standard InChI is InChI=1S/C34H36O15/c35-21-7-1-18(13-24(21)38)4-10-29(41)47-27-16-34(33(45)46,49-31(43)12-6-20-3-9-23(37)26(40)15-20)17-28(32(27)44)48-30(42)11-5-19-2-8-22(36)25(39)14-19/h1-3,7-9,13-15,27-28,32,35-40,44H,4-6,10-12,16-17H2,(H,45,46)/t27-,28-,32?,34?/m1/s1. The number of rotatable bonds is 13. The molecule has 1 saturated carbocycles. The fraction of sp³-hybridized carbons (Fsp3) is 0.353. The summed E-state index contributed by atoms with van der Waals surface area (Å²) in [7, 11) is 0. The Bertz CT molecular complexity index is 1620. The Balaban J connectivity index is 1.49. The highest BCUT2D eigenvalue weighted by molar-refractivity contribution is 5.83. The van der Waals surface area contributed by atoms with Gasteiger partial charge in [0.15, 0.2) is 34.5 Å². The third-order valence-electron chi connectivity index (χ3n) is 8.06. The number of benzene rings is 3. The summed E-state index contributed by atoms with van der Waals surface area (Å²) in [6, 6.07) is 11.7. The number of carbonyl (C=O) groups excluding carboxylic acids is 3. The maximum atomic E-state index is 13.0. The number of aromatic hydroxyl groups is 6. The van der Waals surface area contributed by atoms with Crippen LogP contribution in [0.3, 0.4) is 0 Å². The van der Waals surface area contributed by atoms with Crippen molar-refractivity contribution in [2.45, 2.75) is 75.3 Å². The van der Waals surface area contributed by atoms with Crippen molar-refractivity contribution in [3.8, 4) is 34.5 Å². The van der Waals surface area contributed by atoms with E-state index < -0.39 is 77.9 Å². The molecule has 3 aromatic carbocycles. The number of aliphatic hydroxyl groups excluding tert-OH is 1. The fourth-order valence-corrected chi connectivity index (χ4v) is 5.38. The average Bonchev–Trinajstić information content (AvgIpc) is 3.04. The van der Waals surface area contributed by atoms with Crippen molar-refractivity contribution < 1.29 is 74.2 Å². The molecule has 49 heavy (non-hydrogen) atoms. The molecule has 0 amide bonds. The van der Waals surface area contributed by atoms with Crippen LogP contribution in [-0.2, 0) is 52.7 Å². The average molecular weight is 685 g/mol. The molecule has 2 atom stereocenters. The minimum absolute atomic E-state index is 0.0124. The van der Waals surface area contributed by atoms with Crippen LogP contribution < -0.4 is 0 Å². The molecule has 4 rings (SSSR count). The molecule has 0 bridgehead atoms. The van der Waals surface area contributed by atoms with E-state index in [2.05, 4.69) is 0 Å². The molecular weight excluding hydrogens is 648 g/mol. The second-order valence-electron chi connectivity index (χ2n) is 11.7. The zero-order chi connectivity index (χ0) is 35.9. The molecule has 262 valence electrons. The quantitative estimate of drug-likeness (QED) is 0.0731. The van der Waals surface area contributed by atoms with Gasteiger partial charge >= 0.3 is 23.9 Å². The van der Waals surface area contributed by atoms with Crippen molar-refractivity contribution >= 4 is 23.9 Å². The van der Waals surface area contributed by atoms with Crippen molar-refractivity contribution in [2.24, 2.45) is 0 Å². The van der Waals surface area contributed by atoms with Crippen molar-refractivity contribution in [1.82, 2.24) is 0 Å². The molecule has 0 saturated heterocycles. The van der Waals surface area contributed by atoms with E-state index in [4.69, 9.17) is 14.2 Å². The summed E-state index contributed by atoms with van der Waals surface area (Å²) in [5.74, 6) is -6.78. The summed E-state index contributed by atoms with van der Waals surface area (Å²) in [6.45, 7) is 0. The molecule has 0 spiro atoms. The lowest BCUT2D eigenvalue weighted by atomic mass is 9.79. The maximum absolute atomic E-state index is 13.0. The zero-order valence-electron chi connectivity index (χ0n) is 26.0. The molecule has 3 aromatic rings. The first-order valence-electron chi connectivity index (χ1n) is 15.2. The van der Waals surface area contributed by atoms with Gasteiger partial charge in [0.1, 0.15) is 18.3 Å². The molecule has 1 aliphatic rings.